The summed E-state index contributed by atoms with van der Waals surface area (Å²) in [6.45, 7) is 5.35. The molecule has 0 saturated carbocycles. The molecule has 6 heteroatoms. The van der Waals surface area contributed by atoms with Gasteiger partial charge in [0.05, 0.1) is 18.5 Å². The van der Waals surface area contributed by atoms with E-state index >= 15 is 0 Å². The van der Waals surface area contributed by atoms with Crippen LogP contribution in [0.3, 0.4) is 0 Å². The summed E-state index contributed by atoms with van der Waals surface area (Å²) in [4.78, 5) is 10.5. The van der Waals surface area contributed by atoms with Crippen molar-refractivity contribution in [2.75, 3.05) is 17.1 Å². The van der Waals surface area contributed by atoms with Crippen LogP contribution in [0.4, 0.5) is 5.69 Å². The van der Waals surface area contributed by atoms with E-state index in [0.717, 1.165) is 17.4 Å². The molecule has 0 aromatic heterocycles. The van der Waals surface area contributed by atoms with Gasteiger partial charge in [0.2, 0.25) is 10.0 Å². The second-order valence-corrected chi connectivity index (χ2v) is 6.40. The number of aryl methyl sites for hydroxylation is 2. The maximum Gasteiger partial charge on any atom is 0.232 e. The molecule has 0 aliphatic carbocycles. The summed E-state index contributed by atoms with van der Waals surface area (Å²) < 4.78 is 25.0. The number of para-hydroxylation sites is 1. The maximum absolute atomic E-state index is 11.9. The number of hydrogen-bond acceptors (Lipinski definition) is 4. The molecule has 1 rings (SSSR count). The Hall–Kier alpha value is -1.43. The summed E-state index contributed by atoms with van der Waals surface area (Å²) in [5.74, 6) is 0. The Morgan fingerprint density at radius 3 is 2.17 bits per heavy atom. The van der Waals surface area contributed by atoms with Gasteiger partial charge in [0.15, 0.2) is 0 Å². The lowest BCUT2D eigenvalue weighted by Crippen LogP contribution is -2.36. The Morgan fingerprint density at radius 2 is 1.78 bits per heavy atom. The van der Waals surface area contributed by atoms with E-state index in [-0.39, 0.29) is 6.54 Å². The smallest absolute Gasteiger partial charge is 0.232 e. The Bertz CT molecular complexity index is 520. The number of rotatable bonds is 5. The van der Waals surface area contributed by atoms with E-state index in [1.165, 1.54) is 4.31 Å². The van der Waals surface area contributed by atoms with Gasteiger partial charge < -0.3 is 0 Å². The molecule has 0 aliphatic rings. The van der Waals surface area contributed by atoms with Gasteiger partial charge in [-0.3, -0.25) is 4.31 Å². The van der Waals surface area contributed by atoms with Gasteiger partial charge in [0, 0.05) is 0 Å². The molecule has 5 nitrogen and oxygen atoms in total. The molecular weight excluding hydrogens is 252 g/mol. The molecule has 1 aromatic carbocycles. The highest BCUT2D eigenvalue weighted by atomic mass is 32.2. The SMILES string of the molecule is Cc1cccc(C)c1N(CC(C)N=O)S(C)(=O)=O. The minimum atomic E-state index is -3.43. The monoisotopic (exact) mass is 270 g/mol. The van der Waals surface area contributed by atoms with Crippen molar-refractivity contribution in [1.29, 1.82) is 0 Å². The van der Waals surface area contributed by atoms with Crippen molar-refractivity contribution in [1.82, 2.24) is 0 Å². The lowest BCUT2D eigenvalue weighted by atomic mass is 10.1. The van der Waals surface area contributed by atoms with E-state index in [0.29, 0.717) is 5.69 Å². The van der Waals surface area contributed by atoms with E-state index in [2.05, 4.69) is 5.18 Å². The molecule has 0 radical (unpaired) electrons. The van der Waals surface area contributed by atoms with Gasteiger partial charge >= 0.3 is 0 Å². The van der Waals surface area contributed by atoms with E-state index in [9.17, 15) is 13.3 Å². The molecule has 1 unspecified atom stereocenters. The fraction of sp³-hybridized carbons (Fsp3) is 0.500. The van der Waals surface area contributed by atoms with E-state index < -0.39 is 16.1 Å². The van der Waals surface area contributed by atoms with Crippen molar-refractivity contribution in [2.45, 2.75) is 26.8 Å². The normalized spacial score (nSPS) is 13.1. The fourth-order valence-corrected chi connectivity index (χ4v) is 2.97. The number of nitroso groups, excluding NO2 is 1. The topological polar surface area (TPSA) is 66.8 Å². The third-order valence-electron chi connectivity index (χ3n) is 2.70. The van der Waals surface area contributed by atoms with Crippen molar-refractivity contribution in [3.05, 3.63) is 34.2 Å². The van der Waals surface area contributed by atoms with Crippen LogP contribution in [0.25, 0.3) is 0 Å². The van der Waals surface area contributed by atoms with Crippen LogP contribution in [-0.4, -0.2) is 27.3 Å². The van der Waals surface area contributed by atoms with Gasteiger partial charge in [-0.1, -0.05) is 23.4 Å². The second-order valence-electron chi connectivity index (χ2n) is 4.49. The molecular formula is C12H18N2O3S. The predicted molar refractivity (Wildman–Crippen MR) is 73.4 cm³/mol. The van der Waals surface area contributed by atoms with Gasteiger partial charge in [-0.15, -0.1) is 0 Å². The molecule has 0 N–H and O–H groups in total. The first kappa shape index (κ1) is 14.6. The van der Waals surface area contributed by atoms with Crippen molar-refractivity contribution < 1.29 is 8.42 Å². The van der Waals surface area contributed by atoms with Crippen LogP contribution in [0.5, 0.6) is 0 Å². The zero-order chi connectivity index (χ0) is 13.9. The minimum Gasteiger partial charge on any atom is -0.268 e. The zero-order valence-electron chi connectivity index (χ0n) is 11.0. The molecule has 0 heterocycles. The average molecular weight is 270 g/mol. The van der Waals surface area contributed by atoms with Gasteiger partial charge in [-0.05, 0) is 31.9 Å². The molecule has 0 spiro atoms. The first-order valence-corrected chi connectivity index (χ1v) is 7.48. The van der Waals surface area contributed by atoms with Crippen LogP contribution in [0.2, 0.25) is 0 Å². The number of hydrogen-bond donors (Lipinski definition) is 0. The standard InChI is InChI=1S/C12H18N2O3S/c1-9-6-5-7-10(2)12(9)14(18(4,16)17)8-11(3)13-15/h5-7,11H,8H2,1-4H3. The molecule has 0 fully saturated rings. The minimum absolute atomic E-state index is 0.0635. The molecule has 0 saturated heterocycles. The summed E-state index contributed by atoms with van der Waals surface area (Å²) >= 11 is 0. The largest absolute Gasteiger partial charge is 0.268 e. The number of nitrogens with zero attached hydrogens (tertiary/aromatic N) is 2. The van der Waals surface area contributed by atoms with Gasteiger partial charge in [0.25, 0.3) is 0 Å². The number of benzene rings is 1. The van der Waals surface area contributed by atoms with Crippen LogP contribution in [0.15, 0.2) is 23.4 Å². The van der Waals surface area contributed by atoms with Crippen molar-refractivity contribution >= 4 is 15.7 Å². The van der Waals surface area contributed by atoms with Crippen LogP contribution < -0.4 is 4.31 Å². The molecule has 1 aromatic rings. The lowest BCUT2D eigenvalue weighted by molar-refractivity contribution is 0.591. The van der Waals surface area contributed by atoms with Crippen molar-refractivity contribution in [3.8, 4) is 0 Å². The molecule has 0 amide bonds. The Balaban J connectivity index is 3.31. The highest BCUT2D eigenvalue weighted by Gasteiger charge is 2.23. The predicted octanol–water partition coefficient (Wildman–Crippen LogP) is 2.22. The van der Waals surface area contributed by atoms with Crippen molar-refractivity contribution in [2.24, 2.45) is 5.18 Å². The van der Waals surface area contributed by atoms with Crippen molar-refractivity contribution in [3.63, 3.8) is 0 Å². The van der Waals surface area contributed by atoms with Crippen LogP contribution in [0, 0.1) is 18.8 Å². The molecule has 1 atom stereocenters. The van der Waals surface area contributed by atoms with E-state index in [1.54, 1.807) is 6.92 Å². The lowest BCUT2D eigenvalue weighted by Gasteiger charge is -2.26. The fourth-order valence-electron chi connectivity index (χ4n) is 1.86. The Morgan fingerprint density at radius 1 is 1.28 bits per heavy atom. The third kappa shape index (κ3) is 3.29. The molecule has 0 aliphatic heterocycles. The summed E-state index contributed by atoms with van der Waals surface area (Å²) in [5.41, 5.74) is 2.35. The highest BCUT2D eigenvalue weighted by molar-refractivity contribution is 7.92. The van der Waals surface area contributed by atoms with Gasteiger partial charge in [0.1, 0.15) is 6.04 Å². The second kappa shape index (κ2) is 5.48. The van der Waals surface area contributed by atoms with E-state index in [4.69, 9.17) is 0 Å². The molecule has 18 heavy (non-hydrogen) atoms. The van der Waals surface area contributed by atoms with Gasteiger partial charge in [-0.2, -0.15) is 4.91 Å². The van der Waals surface area contributed by atoms with Crippen LogP contribution in [0.1, 0.15) is 18.1 Å². The zero-order valence-corrected chi connectivity index (χ0v) is 11.9. The Kier molecular flexibility index (Phi) is 4.45. The third-order valence-corrected chi connectivity index (χ3v) is 3.83. The molecule has 0 bridgehead atoms. The summed E-state index contributed by atoms with van der Waals surface area (Å²) in [7, 11) is -3.43. The summed E-state index contributed by atoms with van der Waals surface area (Å²) in [5, 5.41) is 2.87. The van der Waals surface area contributed by atoms with Crippen LogP contribution >= 0.6 is 0 Å². The summed E-state index contributed by atoms with van der Waals surface area (Å²) in [6.07, 6.45) is 1.14. The van der Waals surface area contributed by atoms with Crippen LogP contribution in [-0.2, 0) is 10.0 Å². The number of sulfonamides is 1. The van der Waals surface area contributed by atoms with Gasteiger partial charge in [-0.25, -0.2) is 8.42 Å². The summed E-state index contributed by atoms with van der Waals surface area (Å²) in [6, 6.07) is 4.98. The first-order valence-electron chi connectivity index (χ1n) is 5.63. The maximum atomic E-state index is 11.9. The highest BCUT2D eigenvalue weighted by Crippen LogP contribution is 2.27. The first-order chi connectivity index (χ1) is 8.27. The van der Waals surface area contributed by atoms with E-state index in [1.807, 2.05) is 32.0 Å². The molecule has 100 valence electrons. The number of anilines is 1. The quantitative estimate of drug-likeness (QED) is 0.770. The Labute approximate surface area is 108 Å². The average Bonchev–Trinajstić information content (AvgIpc) is 2.25.